The standard InChI is InChI=1S/C22H25FN6O3/c1-27(7-8-32-2)20(30)13-29-18-6-4-3-5-15(18)21(26-29)14-11-28(12-14)22(31)16-9-19(24)25-10-17(16)23/h3-6,9-10,14H,7-8,11-13H2,1-2H3,(H2,24,25). The van der Waals surface area contributed by atoms with Crippen molar-refractivity contribution in [3.63, 3.8) is 0 Å². The number of likely N-dealkylation sites (N-methyl/N-ethyl adjacent to an activating group) is 1. The van der Waals surface area contributed by atoms with E-state index in [2.05, 4.69) is 4.98 Å². The summed E-state index contributed by atoms with van der Waals surface area (Å²) in [6, 6.07) is 8.95. The molecular weight excluding hydrogens is 415 g/mol. The van der Waals surface area contributed by atoms with Crippen molar-refractivity contribution >= 4 is 28.5 Å². The van der Waals surface area contributed by atoms with Gasteiger partial charge >= 0.3 is 0 Å². The number of carbonyl (C=O) groups is 2. The van der Waals surface area contributed by atoms with Gasteiger partial charge < -0.3 is 20.3 Å². The number of fused-ring (bicyclic) bond motifs is 1. The molecule has 0 unspecified atom stereocenters. The smallest absolute Gasteiger partial charge is 0.257 e. The van der Waals surface area contributed by atoms with Gasteiger partial charge in [0, 0.05) is 45.1 Å². The summed E-state index contributed by atoms with van der Waals surface area (Å²) < 4.78 is 20.7. The zero-order valence-corrected chi connectivity index (χ0v) is 18.0. The topological polar surface area (TPSA) is 107 Å². The number of nitrogens with zero attached hydrogens (tertiary/aromatic N) is 5. The molecule has 4 rings (SSSR count). The van der Waals surface area contributed by atoms with Crippen LogP contribution in [0.3, 0.4) is 0 Å². The van der Waals surface area contributed by atoms with Crippen molar-refractivity contribution in [2.24, 2.45) is 0 Å². The predicted molar refractivity (Wildman–Crippen MR) is 116 cm³/mol. The van der Waals surface area contributed by atoms with E-state index in [0.29, 0.717) is 26.2 Å². The van der Waals surface area contributed by atoms with Crippen LogP contribution in [-0.4, -0.2) is 76.8 Å². The molecule has 0 saturated carbocycles. The Kier molecular flexibility index (Phi) is 6.04. The van der Waals surface area contributed by atoms with E-state index < -0.39 is 11.7 Å². The largest absolute Gasteiger partial charge is 0.384 e. The van der Waals surface area contributed by atoms with Crippen molar-refractivity contribution in [3.05, 3.63) is 53.6 Å². The molecule has 1 aromatic carbocycles. The van der Waals surface area contributed by atoms with E-state index in [0.717, 1.165) is 22.8 Å². The second-order valence-corrected chi connectivity index (χ2v) is 7.86. The third-order valence-electron chi connectivity index (χ3n) is 5.69. The second-order valence-electron chi connectivity index (χ2n) is 7.86. The number of rotatable bonds is 7. The first-order chi connectivity index (χ1) is 15.4. The third kappa shape index (κ3) is 4.13. The Hall–Kier alpha value is -3.53. The number of carbonyl (C=O) groups excluding carboxylic acids is 2. The molecule has 0 radical (unpaired) electrons. The SMILES string of the molecule is COCCN(C)C(=O)Cn1nc(C2CN(C(=O)c3cc(N)ncc3F)C2)c2ccccc21. The number of methoxy groups -OCH3 is 1. The minimum atomic E-state index is -0.696. The van der Waals surface area contributed by atoms with E-state index in [9.17, 15) is 14.0 Å². The van der Waals surface area contributed by atoms with E-state index in [-0.39, 0.29) is 29.8 Å². The van der Waals surface area contributed by atoms with Gasteiger partial charge in [0.25, 0.3) is 5.91 Å². The summed E-state index contributed by atoms with van der Waals surface area (Å²) in [5, 5.41) is 5.65. The molecule has 0 atom stereocenters. The van der Waals surface area contributed by atoms with Crippen molar-refractivity contribution in [1.82, 2.24) is 24.6 Å². The molecule has 2 N–H and O–H groups in total. The minimum absolute atomic E-state index is 0.00586. The molecular formula is C22H25FN6O3. The van der Waals surface area contributed by atoms with Crippen LogP contribution < -0.4 is 5.73 Å². The van der Waals surface area contributed by atoms with Gasteiger partial charge in [0.05, 0.1) is 29.6 Å². The van der Waals surface area contributed by atoms with Crippen molar-refractivity contribution in [2.45, 2.75) is 12.5 Å². The highest BCUT2D eigenvalue weighted by atomic mass is 19.1. The number of amides is 2. The van der Waals surface area contributed by atoms with Crippen molar-refractivity contribution in [1.29, 1.82) is 0 Å². The maximum Gasteiger partial charge on any atom is 0.257 e. The maximum absolute atomic E-state index is 14.0. The highest BCUT2D eigenvalue weighted by Gasteiger charge is 2.36. The Labute approximate surface area is 184 Å². The van der Waals surface area contributed by atoms with E-state index in [4.69, 9.17) is 15.6 Å². The first kappa shape index (κ1) is 21.7. The lowest BCUT2D eigenvalue weighted by atomic mass is 9.93. The van der Waals surface area contributed by atoms with Gasteiger partial charge in [-0.2, -0.15) is 5.10 Å². The number of aromatic nitrogens is 3. The Morgan fingerprint density at radius 3 is 2.81 bits per heavy atom. The summed E-state index contributed by atoms with van der Waals surface area (Å²) in [7, 11) is 3.32. The fourth-order valence-electron chi connectivity index (χ4n) is 3.78. The van der Waals surface area contributed by atoms with Gasteiger partial charge in [-0.15, -0.1) is 0 Å². The van der Waals surface area contributed by atoms with Crippen LogP contribution in [0.4, 0.5) is 10.2 Å². The number of likely N-dealkylation sites (tertiary alicyclic amines) is 1. The molecule has 10 heteroatoms. The monoisotopic (exact) mass is 440 g/mol. The first-order valence-electron chi connectivity index (χ1n) is 10.3. The number of nitrogen functional groups attached to an aromatic ring is 1. The molecule has 1 saturated heterocycles. The minimum Gasteiger partial charge on any atom is -0.384 e. The van der Waals surface area contributed by atoms with Crippen molar-refractivity contribution < 1.29 is 18.7 Å². The molecule has 2 amide bonds. The van der Waals surface area contributed by atoms with E-state index in [1.165, 1.54) is 6.07 Å². The number of benzene rings is 1. The van der Waals surface area contributed by atoms with Crippen LogP contribution >= 0.6 is 0 Å². The number of halogens is 1. The number of ether oxygens (including phenoxy) is 1. The van der Waals surface area contributed by atoms with Gasteiger partial charge in [-0.3, -0.25) is 14.3 Å². The fourth-order valence-corrected chi connectivity index (χ4v) is 3.78. The molecule has 1 aliphatic heterocycles. The molecule has 168 valence electrons. The highest BCUT2D eigenvalue weighted by Crippen LogP contribution is 2.33. The van der Waals surface area contributed by atoms with Crippen molar-refractivity contribution in [2.75, 3.05) is 46.1 Å². The molecule has 0 aliphatic carbocycles. The molecule has 32 heavy (non-hydrogen) atoms. The second kappa shape index (κ2) is 8.91. The summed E-state index contributed by atoms with van der Waals surface area (Å²) in [5.41, 5.74) is 7.19. The van der Waals surface area contributed by atoms with Crippen LogP contribution in [0.1, 0.15) is 22.0 Å². The lowest BCUT2D eigenvalue weighted by Crippen LogP contribution is -2.49. The summed E-state index contributed by atoms with van der Waals surface area (Å²) >= 11 is 0. The summed E-state index contributed by atoms with van der Waals surface area (Å²) in [5.74, 6) is -1.10. The Morgan fingerprint density at radius 2 is 2.06 bits per heavy atom. The van der Waals surface area contributed by atoms with Crippen LogP contribution in [0.5, 0.6) is 0 Å². The van der Waals surface area contributed by atoms with Crippen LogP contribution in [-0.2, 0) is 16.1 Å². The molecule has 2 aromatic heterocycles. The lowest BCUT2D eigenvalue weighted by Gasteiger charge is -2.38. The number of pyridine rings is 1. The average molecular weight is 440 g/mol. The molecule has 1 fully saturated rings. The van der Waals surface area contributed by atoms with Gasteiger partial charge in [0.2, 0.25) is 5.91 Å². The van der Waals surface area contributed by atoms with E-state index in [1.807, 2.05) is 24.3 Å². The number of anilines is 1. The molecule has 1 aliphatic rings. The van der Waals surface area contributed by atoms with Crippen LogP contribution in [0.15, 0.2) is 36.5 Å². The quantitative estimate of drug-likeness (QED) is 0.597. The summed E-state index contributed by atoms with van der Waals surface area (Å²) in [6.07, 6.45) is 0.954. The van der Waals surface area contributed by atoms with E-state index in [1.54, 1.807) is 28.6 Å². The van der Waals surface area contributed by atoms with Crippen LogP contribution in [0.25, 0.3) is 10.9 Å². The van der Waals surface area contributed by atoms with E-state index >= 15 is 0 Å². The van der Waals surface area contributed by atoms with Crippen molar-refractivity contribution in [3.8, 4) is 0 Å². The third-order valence-corrected chi connectivity index (χ3v) is 5.69. The number of hydrogen-bond acceptors (Lipinski definition) is 6. The number of nitrogens with two attached hydrogens (primary N) is 1. The average Bonchev–Trinajstić information content (AvgIpc) is 3.10. The Morgan fingerprint density at radius 1 is 1.31 bits per heavy atom. The number of hydrogen-bond donors (Lipinski definition) is 1. The maximum atomic E-state index is 14.0. The molecule has 9 nitrogen and oxygen atoms in total. The number of para-hydroxylation sites is 1. The first-order valence-corrected chi connectivity index (χ1v) is 10.3. The zero-order valence-electron chi connectivity index (χ0n) is 18.0. The molecule has 3 heterocycles. The van der Waals surface area contributed by atoms with Gasteiger partial charge in [0.15, 0.2) is 5.82 Å². The highest BCUT2D eigenvalue weighted by molar-refractivity contribution is 5.96. The molecule has 0 bridgehead atoms. The molecule has 3 aromatic rings. The molecule has 0 spiro atoms. The van der Waals surface area contributed by atoms with Gasteiger partial charge in [-0.25, -0.2) is 9.37 Å². The lowest BCUT2D eigenvalue weighted by molar-refractivity contribution is -0.131. The van der Waals surface area contributed by atoms with Gasteiger partial charge in [-0.1, -0.05) is 18.2 Å². The van der Waals surface area contributed by atoms with Gasteiger partial charge in [0.1, 0.15) is 12.4 Å². The zero-order chi connectivity index (χ0) is 22.8. The van der Waals surface area contributed by atoms with Crippen LogP contribution in [0, 0.1) is 5.82 Å². The normalized spacial score (nSPS) is 13.9. The summed E-state index contributed by atoms with van der Waals surface area (Å²) in [6.45, 7) is 1.88. The predicted octanol–water partition coefficient (Wildman–Crippen LogP) is 1.50. The Balaban J connectivity index is 1.50. The van der Waals surface area contributed by atoms with Crippen LogP contribution in [0.2, 0.25) is 0 Å². The summed E-state index contributed by atoms with van der Waals surface area (Å²) in [4.78, 5) is 32.1. The Bertz CT molecular complexity index is 1160. The fraction of sp³-hybridized carbons (Fsp3) is 0.364. The van der Waals surface area contributed by atoms with Gasteiger partial charge in [-0.05, 0) is 12.1 Å².